The molecule has 5 heteroatoms. The van der Waals surface area contributed by atoms with Crippen molar-refractivity contribution in [3.63, 3.8) is 0 Å². The smallest absolute Gasteiger partial charge is 0.423 e. The van der Waals surface area contributed by atoms with E-state index in [1.807, 2.05) is 25.1 Å². The molecule has 0 amide bonds. The summed E-state index contributed by atoms with van der Waals surface area (Å²) in [6, 6.07) is 1.81. The minimum absolute atomic E-state index is 0.580. The molecule has 0 atom stereocenters. The lowest BCUT2D eigenvalue weighted by Gasteiger charge is -2.05. The molecule has 0 fully saturated rings. The molecule has 12 heavy (non-hydrogen) atoms. The summed E-state index contributed by atoms with van der Waals surface area (Å²) in [7, 11) is 2.63. The fourth-order valence-electron chi connectivity index (χ4n) is 0.928. The number of hydrogen-bond donors (Lipinski definition) is 2. The van der Waals surface area contributed by atoms with E-state index in [9.17, 15) is 0 Å². The summed E-state index contributed by atoms with van der Waals surface area (Å²) in [6.45, 7) is 0.845. The molecule has 3 nitrogen and oxygen atoms in total. The molecule has 0 aliphatic rings. The van der Waals surface area contributed by atoms with Gasteiger partial charge in [0.25, 0.3) is 0 Å². The van der Waals surface area contributed by atoms with E-state index in [1.165, 1.54) is 0 Å². The Hall–Kier alpha value is -0.355. The highest BCUT2D eigenvalue weighted by molar-refractivity contribution is 7.11. The van der Waals surface area contributed by atoms with E-state index in [4.69, 9.17) is 10.0 Å². The molecular weight excluding hydrogens is 173 g/mol. The summed E-state index contributed by atoms with van der Waals surface area (Å²) in [5, 5.41) is 19.4. The first-order chi connectivity index (χ1) is 5.59. The van der Waals surface area contributed by atoms with Gasteiger partial charge in [-0.15, -0.1) is 11.3 Å². The molecule has 0 radical (unpaired) electrons. The molecule has 1 aromatic heterocycles. The van der Waals surface area contributed by atoms with Gasteiger partial charge in [-0.2, -0.15) is 0 Å². The maximum atomic E-state index is 8.82. The number of rotatable bonds is 3. The van der Waals surface area contributed by atoms with Gasteiger partial charge in [0.05, 0.1) is 0 Å². The van der Waals surface area contributed by atoms with Crippen molar-refractivity contribution in [1.29, 1.82) is 0 Å². The first kappa shape index (κ1) is 9.73. The zero-order valence-corrected chi connectivity index (χ0v) is 8.01. The van der Waals surface area contributed by atoms with E-state index >= 15 is 0 Å². The summed E-state index contributed by atoms with van der Waals surface area (Å²) in [6.07, 6.45) is 0. The molecule has 0 saturated carbocycles. The van der Waals surface area contributed by atoms with Crippen LogP contribution in [-0.2, 0) is 6.54 Å². The molecule has 2 N–H and O–H groups in total. The monoisotopic (exact) mass is 185 g/mol. The minimum atomic E-state index is -1.34. The molecule has 0 aromatic carbocycles. The molecule has 1 heterocycles. The third-order valence-electron chi connectivity index (χ3n) is 1.44. The van der Waals surface area contributed by atoms with Gasteiger partial charge in [0.15, 0.2) is 0 Å². The normalized spacial score (nSPS) is 10.8. The lowest BCUT2D eigenvalue weighted by molar-refractivity contribution is 0.406. The van der Waals surface area contributed by atoms with Crippen molar-refractivity contribution in [3.05, 3.63) is 16.3 Å². The molecule has 1 aromatic rings. The maximum absolute atomic E-state index is 8.82. The SMILES string of the molecule is CN(C)Cc1cc(B(O)O)cs1. The van der Waals surface area contributed by atoms with Crippen molar-refractivity contribution in [2.45, 2.75) is 6.54 Å². The zero-order valence-electron chi connectivity index (χ0n) is 7.19. The second-order valence-corrected chi connectivity index (χ2v) is 3.95. The third-order valence-corrected chi connectivity index (χ3v) is 2.38. The molecule has 0 bridgehead atoms. The van der Waals surface area contributed by atoms with Gasteiger partial charge in [-0.05, 0) is 31.0 Å². The molecule has 1 rings (SSSR count). The van der Waals surface area contributed by atoms with Crippen LogP contribution in [0.25, 0.3) is 0 Å². The molecule has 66 valence electrons. The average Bonchev–Trinajstić information content (AvgIpc) is 2.34. The van der Waals surface area contributed by atoms with Gasteiger partial charge < -0.3 is 14.9 Å². The van der Waals surface area contributed by atoms with Crippen LogP contribution in [0.15, 0.2) is 11.4 Å². The Balaban J connectivity index is 2.64. The fraction of sp³-hybridized carbons (Fsp3) is 0.429. The zero-order chi connectivity index (χ0) is 9.14. The quantitative estimate of drug-likeness (QED) is 0.623. The van der Waals surface area contributed by atoms with E-state index in [0.29, 0.717) is 5.46 Å². The van der Waals surface area contributed by atoms with Gasteiger partial charge in [0.1, 0.15) is 0 Å². The Labute approximate surface area is 76.4 Å². The lowest BCUT2D eigenvalue weighted by Crippen LogP contribution is -2.28. The van der Waals surface area contributed by atoms with E-state index in [1.54, 1.807) is 16.7 Å². The molecule has 0 saturated heterocycles. The van der Waals surface area contributed by atoms with Gasteiger partial charge in [0.2, 0.25) is 0 Å². The second kappa shape index (κ2) is 4.05. The van der Waals surface area contributed by atoms with E-state index < -0.39 is 7.12 Å². The van der Waals surface area contributed by atoms with Gasteiger partial charge in [-0.3, -0.25) is 0 Å². The topological polar surface area (TPSA) is 43.7 Å². The summed E-state index contributed by atoms with van der Waals surface area (Å²) in [5.74, 6) is 0. The third kappa shape index (κ3) is 2.60. The highest BCUT2D eigenvalue weighted by atomic mass is 32.1. The Kier molecular flexibility index (Phi) is 3.28. The Morgan fingerprint density at radius 1 is 1.50 bits per heavy atom. The van der Waals surface area contributed by atoms with Gasteiger partial charge >= 0.3 is 7.12 Å². The van der Waals surface area contributed by atoms with Crippen molar-refractivity contribution in [1.82, 2.24) is 4.90 Å². The van der Waals surface area contributed by atoms with Crippen molar-refractivity contribution >= 4 is 23.9 Å². The summed E-state index contributed by atoms with van der Waals surface area (Å²) in [5.41, 5.74) is 0.580. The van der Waals surface area contributed by atoms with Crippen molar-refractivity contribution in [2.75, 3.05) is 14.1 Å². The van der Waals surface area contributed by atoms with Crippen molar-refractivity contribution in [3.8, 4) is 0 Å². The number of thiophene rings is 1. The first-order valence-corrected chi connectivity index (χ1v) is 4.55. The highest BCUT2D eigenvalue weighted by Crippen LogP contribution is 2.08. The largest absolute Gasteiger partial charge is 0.489 e. The molecule has 0 aliphatic heterocycles. The Morgan fingerprint density at radius 3 is 2.58 bits per heavy atom. The molecular formula is C7H12BNO2S. The van der Waals surface area contributed by atoms with Crippen molar-refractivity contribution in [2.24, 2.45) is 0 Å². The van der Waals surface area contributed by atoms with Crippen LogP contribution in [0.1, 0.15) is 4.88 Å². The van der Waals surface area contributed by atoms with E-state index in [0.717, 1.165) is 11.4 Å². The van der Waals surface area contributed by atoms with Crippen LogP contribution < -0.4 is 5.46 Å². The maximum Gasteiger partial charge on any atom is 0.489 e. The average molecular weight is 185 g/mol. The number of hydrogen-bond acceptors (Lipinski definition) is 4. The van der Waals surface area contributed by atoms with Crippen LogP contribution in [0, 0.1) is 0 Å². The predicted molar refractivity (Wildman–Crippen MR) is 51.5 cm³/mol. The molecule has 0 aliphatic carbocycles. The van der Waals surface area contributed by atoms with Crippen LogP contribution in [0.2, 0.25) is 0 Å². The Bertz CT molecular complexity index is 249. The standard InChI is InChI=1S/C7H12BNO2S/c1-9(2)4-7-3-6(5-12-7)8(10)11/h3,5,10-11H,4H2,1-2H3. The van der Waals surface area contributed by atoms with Crippen LogP contribution in [0.3, 0.4) is 0 Å². The van der Waals surface area contributed by atoms with Crippen molar-refractivity contribution < 1.29 is 10.0 Å². The summed E-state index contributed by atoms with van der Waals surface area (Å²) >= 11 is 1.54. The highest BCUT2D eigenvalue weighted by Gasteiger charge is 2.12. The van der Waals surface area contributed by atoms with Gasteiger partial charge in [-0.1, -0.05) is 0 Å². The van der Waals surface area contributed by atoms with Crippen LogP contribution in [0.4, 0.5) is 0 Å². The Morgan fingerprint density at radius 2 is 2.17 bits per heavy atom. The summed E-state index contributed by atoms with van der Waals surface area (Å²) in [4.78, 5) is 3.18. The van der Waals surface area contributed by atoms with Crippen LogP contribution in [0.5, 0.6) is 0 Å². The van der Waals surface area contributed by atoms with E-state index in [-0.39, 0.29) is 0 Å². The first-order valence-electron chi connectivity index (χ1n) is 3.68. The second-order valence-electron chi connectivity index (χ2n) is 2.96. The molecule has 0 spiro atoms. The fourth-order valence-corrected chi connectivity index (χ4v) is 1.94. The minimum Gasteiger partial charge on any atom is -0.423 e. The van der Waals surface area contributed by atoms with Gasteiger partial charge in [-0.25, -0.2) is 0 Å². The lowest BCUT2D eigenvalue weighted by atomic mass is 9.83. The predicted octanol–water partition coefficient (Wildman–Crippen LogP) is -0.510. The summed E-state index contributed by atoms with van der Waals surface area (Å²) < 4.78 is 0. The van der Waals surface area contributed by atoms with Crippen LogP contribution >= 0.6 is 11.3 Å². The van der Waals surface area contributed by atoms with Gasteiger partial charge in [0, 0.05) is 11.4 Å². The molecule has 0 unspecified atom stereocenters. The van der Waals surface area contributed by atoms with Crippen LogP contribution in [-0.4, -0.2) is 36.2 Å². The van der Waals surface area contributed by atoms with E-state index in [2.05, 4.69) is 0 Å². The number of nitrogens with zero attached hydrogens (tertiary/aromatic N) is 1.